The molecule has 4 heteroatoms. The first-order valence-corrected chi connectivity index (χ1v) is 8.65. The second-order valence-corrected chi connectivity index (χ2v) is 6.56. The normalized spacial score (nSPS) is 11.0. The molecule has 0 bridgehead atoms. The Balaban J connectivity index is 1.60. The van der Waals surface area contributed by atoms with Gasteiger partial charge in [-0.3, -0.25) is 4.79 Å². The Morgan fingerprint density at radius 1 is 1.04 bits per heavy atom. The van der Waals surface area contributed by atoms with Gasteiger partial charge >= 0.3 is 0 Å². The number of hydrogen-bond donors (Lipinski definition) is 0. The van der Waals surface area contributed by atoms with E-state index < -0.39 is 0 Å². The van der Waals surface area contributed by atoms with E-state index in [1.807, 2.05) is 38.1 Å². The average Bonchev–Trinajstić information content (AvgIpc) is 3.06. The van der Waals surface area contributed by atoms with Crippen LogP contribution in [0.25, 0.3) is 6.08 Å². The van der Waals surface area contributed by atoms with Crippen molar-refractivity contribution in [3.05, 3.63) is 93.9 Å². The van der Waals surface area contributed by atoms with Gasteiger partial charge in [0, 0.05) is 10.6 Å². The van der Waals surface area contributed by atoms with E-state index in [0.717, 1.165) is 16.9 Å². The molecule has 0 aliphatic carbocycles. The zero-order chi connectivity index (χ0) is 18.5. The molecule has 0 radical (unpaired) electrons. The van der Waals surface area contributed by atoms with Gasteiger partial charge < -0.3 is 9.15 Å². The molecule has 1 aromatic heterocycles. The summed E-state index contributed by atoms with van der Waals surface area (Å²) in [5.41, 5.74) is 2.89. The molecule has 0 aliphatic rings. The van der Waals surface area contributed by atoms with Crippen LogP contribution in [0.2, 0.25) is 5.02 Å². The van der Waals surface area contributed by atoms with Crippen molar-refractivity contribution in [2.24, 2.45) is 0 Å². The highest BCUT2D eigenvalue weighted by molar-refractivity contribution is 6.30. The Morgan fingerprint density at radius 3 is 2.42 bits per heavy atom. The van der Waals surface area contributed by atoms with E-state index in [1.54, 1.807) is 30.3 Å². The fourth-order valence-electron chi connectivity index (χ4n) is 2.60. The number of aryl methyl sites for hydroxylation is 2. The Labute approximate surface area is 157 Å². The molecule has 3 rings (SSSR count). The molecule has 0 fully saturated rings. The minimum atomic E-state index is -0.105. The summed E-state index contributed by atoms with van der Waals surface area (Å²) >= 11 is 5.83. The fraction of sp³-hybridized carbons (Fsp3) is 0.136. The molecule has 132 valence electrons. The maximum atomic E-state index is 12.1. The highest BCUT2D eigenvalue weighted by Gasteiger charge is 2.04. The van der Waals surface area contributed by atoms with E-state index in [0.29, 0.717) is 28.7 Å². The van der Waals surface area contributed by atoms with Gasteiger partial charge in [-0.15, -0.1) is 0 Å². The Morgan fingerprint density at radius 2 is 1.73 bits per heavy atom. The third-order valence-electron chi connectivity index (χ3n) is 3.79. The maximum Gasteiger partial charge on any atom is 0.185 e. The highest BCUT2D eigenvalue weighted by Crippen LogP contribution is 2.19. The number of hydrogen-bond acceptors (Lipinski definition) is 3. The SMILES string of the molecule is Cc1cc(C)cc(OCc2ccc(/C=C/C(=O)c3ccc(Cl)cc3)o2)c1. The molecule has 0 N–H and O–H groups in total. The zero-order valence-corrected chi connectivity index (χ0v) is 15.4. The van der Waals surface area contributed by atoms with E-state index >= 15 is 0 Å². The zero-order valence-electron chi connectivity index (χ0n) is 14.7. The number of carbonyl (C=O) groups is 1. The van der Waals surface area contributed by atoms with E-state index in [1.165, 1.54) is 6.08 Å². The summed E-state index contributed by atoms with van der Waals surface area (Å²) in [4.78, 5) is 12.1. The first-order chi connectivity index (χ1) is 12.5. The third-order valence-corrected chi connectivity index (χ3v) is 4.04. The lowest BCUT2D eigenvalue weighted by Gasteiger charge is -2.06. The van der Waals surface area contributed by atoms with Crippen LogP contribution in [0.15, 0.2) is 65.1 Å². The first kappa shape index (κ1) is 18.0. The largest absolute Gasteiger partial charge is 0.486 e. The van der Waals surface area contributed by atoms with Crippen LogP contribution in [-0.4, -0.2) is 5.78 Å². The standard InChI is InChI=1S/C22H19ClO3/c1-15-11-16(2)13-21(12-15)25-14-20-8-7-19(26-20)9-10-22(24)17-3-5-18(23)6-4-17/h3-13H,14H2,1-2H3/b10-9+. The first-order valence-electron chi connectivity index (χ1n) is 8.27. The van der Waals surface area contributed by atoms with E-state index in [4.69, 9.17) is 20.8 Å². The second-order valence-electron chi connectivity index (χ2n) is 6.12. The van der Waals surface area contributed by atoms with Crippen LogP contribution in [0.1, 0.15) is 33.0 Å². The van der Waals surface area contributed by atoms with E-state index in [-0.39, 0.29) is 5.78 Å². The third kappa shape index (κ3) is 4.87. The molecule has 3 aromatic rings. The molecule has 0 unspecified atom stereocenters. The van der Waals surface area contributed by atoms with Crippen molar-refractivity contribution in [3.63, 3.8) is 0 Å². The van der Waals surface area contributed by atoms with E-state index in [2.05, 4.69) is 6.07 Å². The molecule has 26 heavy (non-hydrogen) atoms. The summed E-state index contributed by atoms with van der Waals surface area (Å²) in [7, 11) is 0. The minimum Gasteiger partial charge on any atom is -0.486 e. The van der Waals surface area contributed by atoms with E-state index in [9.17, 15) is 4.79 Å². The Bertz CT molecular complexity index is 916. The van der Waals surface area contributed by atoms with Crippen molar-refractivity contribution in [3.8, 4) is 5.75 Å². The van der Waals surface area contributed by atoms with Gasteiger partial charge in [-0.05, 0) is 85.7 Å². The molecule has 0 spiro atoms. The number of carbonyl (C=O) groups excluding carboxylic acids is 1. The quantitative estimate of drug-likeness (QED) is 0.395. The molecule has 0 amide bonds. The van der Waals surface area contributed by atoms with Crippen molar-refractivity contribution < 1.29 is 13.9 Å². The number of rotatable bonds is 6. The predicted molar refractivity (Wildman–Crippen MR) is 104 cm³/mol. The van der Waals surface area contributed by atoms with Crippen LogP contribution < -0.4 is 4.74 Å². The summed E-state index contributed by atoms with van der Waals surface area (Å²) in [6.45, 7) is 4.41. The van der Waals surface area contributed by atoms with Gasteiger partial charge in [0.05, 0.1) is 0 Å². The minimum absolute atomic E-state index is 0.105. The van der Waals surface area contributed by atoms with Gasteiger partial charge in [0.2, 0.25) is 0 Å². The van der Waals surface area contributed by atoms with Gasteiger partial charge in [-0.25, -0.2) is 0 Å². The molecular formula is C22H19ClO3. The van der Waals surface area contributed by atoms with Crippen molar-refractivity contribution in [1.29, 1.82) is 0 Å². The number of allylic oxidation sites excluding steroid dienone is 1. The topological polar surface area (TPSA) is 39.4 Å². The molecule has 2 aromatic carbocycles. The number of halogens is 1. The number of furan rings is 1. The smallest absolute Gasteiger partial charge is 0.185 e. The number of benzene rings is 2. The lowest BCUT2D eigenvalue weighted by atomic mass is 10.1. The van der Waals surface area contributed by atoms with Crippen LogP contribution >= 0.6 is 11.6 Å². The van der Waals surface area contributed by atoms with Gasteiger partial charge in [0.1, 0.15) is 23.9 Å². The second kappa shape index (κ2) is 8.07. The molecule has 0 atom stereocenters. The summed E-state index contributed by atoms with van der Waals surface area (Å²) in [6, 6.07) is 16.5. The van der Waals surface area contributed by atoms with Crippen LogP contribution in [0.4, 0.5) is 0 Å². The molecule has 0 saturated heterocycles. The fourth-order valence-corrected chi connectivity index (χ4v) is 2.73. The maximum absolute atomic E-state index is 12.1. The highest BCUT2D eigenvalue weighted by atomic mass is 35.5. The van der Waals surface area contributed by atoms with Crippen LogP contribution in [0.5, 0.6) is 5.75 Å². The number of ether oxygens (including phenoxy) is 1. The monoisotopic (exact) mass is 366 g/mol. The molecule has 0 saturated carbocycles. The van der Waals surface area contributed by atoms with Gasteiger partial charge in [-0.1, -0.05) is 17.7 Å². The number of ketones is 1. The van der Waals surface area contributed by atoms with Crippen LogP contribution in [0.3, 0.4) is 0 Å². The molecule has 0 aliphatic heterocycles. The van der Waals surface area contributed by atoms with Gasteiger partial charge in [0.25, 0.3) is 0 Å². The Kier molecular flexibility index (Phi) is 5.59. The van der Waals surface area contributed by atoms with Crippen molar-refractivity contribution in [1.82, 2.24) is 0 Å². The van der Waals surface area contributed by atoms with Crippen molar-refractivity contribution in [2.45, 2.75) is 20.5 Å². The molecular weight excluding hydrogens is 348 g/mol. The van der Waals surface area contributed by atoms with Crippen LogP contribution in [0, 0.1) is 13.8 Å². The summed E-state index contributed by atoms with van der Waals surface area (Å²) in [5, 5.41) is 0.602. The predicted octanol–water partition coefficient (Wildman–Crippen LogP) is 6.02. The molecule has 3 nitrogen and oxygen atoms in total. The summed E-state index contributed by atoms with van der Waals surface area (Å²) in [5.74, 6) is 2.01. The van der Waals surface area contributed by atoms with Crippen molar-refractivity contribution in [2.75, 3.05) is 0 Å². The van der Waals surface area contributed by atoms with Gasteiger partial charge in [-0.2, -0.15) is 0 Å². The van der Waals surface area contributed by atoms with Gasteiger partial charge in [0.15, 0.2) is 5.78 Å². The lowest BCUT2D eigenvalue weighted by molar-refractivity contribution is 0.104. The molecule has 1 heterocycles. The summed E-state index contributed by atoms with van der Waals surface area (Å²) < 4.78 is 11.5. The van der Waals surface area contributed by atoms with Crippen molar-refractivity contribution >= 4 is 23.5 Å². The Hall–Kier alpha value is -2.78. The average molecular weight is 367 g/mol. The lowest BCUT2D eigenvalue weighted by Crippen LogP contribution is -1.94. The van der Waals surface area contributed by atoms with Crippen LogP contribution in [-0.2, 0) is 6.61 Å². The summed E-state index contributed by atoms with van der Waals surface area (Å²) in [6.07, 6.45) is 3.13.